The van der Waals surface area contributed by atoms with E-state index >= 15 is 0 Å². The predicted molar refractivity (Wildman–Crippen MR) is 91.6 cm³/mol. The van der Waals surface area contributed by atoms with Crippen LogP contribution in [0.4, 0.5) is 5.69 Å². The molecule has 0 fully saturated rings. The van der Waals surface area contributed by atoms with Gasteiger partial charge in [0.15, 0.2) is 5.58 Å². The Morgan fingerprint density at radius 3 is 2.48 bits per heavy atom. The van der Waals surface area contributed by atoms with Crippen molar-refractivity contribution in [3.8, 4) is 0 Å². The van der Waals surface area contributed by atoms with Crippen LogP contribution in [0.3, 0.4) is 0 Å². The highest BCUT2D eigenvalue weighted by atomic mass is 35.5. The Morgan fingerprint density at radius 2 is 1.78 bits per heavy atom. The fourth-order valence-corrected chi connectivity index (χ4v) is 2.70. The standard InChI is InChI=1S/C17H11Cl2NO3/c1-9-2-4-12(5-3-9)20-16(21)13-7-10-6-11(18)8-14(19)15(10)23-17(13)22/h2-8H,1H3,(H,20,21). The third kappa shape index (κ3) is 3.23. The summed E-state index contributed by atoms with van der Waals surface area (Å²) < 4.78 is 5.15. The molecule has 0 saturated carbocycles. The lowest BCUT2D eigenvalue weighted by Crippen LogP contribution is -2.20. The SMILES string of the molecule is Cc1ccc(NC(=O)c2cc3cc(Cl)cc(Cl)c3oc2=O)cc1. The maximum absolute atomic E-state index is 12.3. The van der Waals surface area contributed by atoms with E-state index in [0.29, 0.717) is 16.1 Å². The van der Waals surface area contributed by atoms with Crippen molar-refractivity contribution >= 4 is 45.8 Å². The van der Waals surface area contributed by atoms with E-state index in [2.05, 4.69) is 5.32 Å². The van der Waals surface area contributed by atoms with Gasteiger partial charge in [0.1, 0.15) is 5.56 Å². The summed E-state index contributed by atoms with van der Waals surface area (Å²) in [7, 11) is 0. The van der Waals surface area contributed by atoms with Crippen LogP contribution in [0.25, 0.3) is 11.0 Å². The maximum atomic E-state index is 12.3. The number of rotatable bonds is 2. The van der Waals surface area contributed by atoms with Crippen LogP contribution >= 0.6 is 23.2 Å². The van der Waals surface area contributed by atoms with Gasteiger partial charge in [-0.15, -0.1) is 0 Å². The summed E-state index contributed by atoms with van der Waals surface area (Å²) in [6.07, 6.45) is 0. The Hall–Kier alpha value is -2.30. The molecule has 6 heteroatoms. The van der Waals surface area contributed by atoms with E-state index in [1.807, 2.05) is 19.1 Å². The van der Waals surface area contributed by atoms with E-state index in [0.717, 1.165) is 5.56 Å². The van der Waals surface area contributed by atoms with Crippen molar-refractivity contribution in [2.45, 2.75) is 6.92 Å². The summed E-state index contributed by atoms with van der Waals surface area (Å²) in [4.78, 5) is 24.3. The number of aryl methyl sites for hydroxylation is 1. The molecule has 0 radical (unpaired) electrons. The lowest BCUT2D eigenvalue weighted by molar-refractivity contribution is 0.102. The number of hydrogen-bond acceptors (Lipinski definition) is 3. The summed E-state index contributed by atoms with van der Waals surface area (Å²) >= 11 is 11.9. The van der Waals surface area contributed by atoms with Crippen molar-refractivity contribution in [3.05, 3.63) is 74.1 Å². The highest BCUT2D eigenvalue weighted by Gasteiger charge is 2.15. The molecule has 4 nitrogen and oxygen atoms in total. The van der Waals surface area contributed by atoms with Crippen molar-refractivity contribution < 1.29 is 9.21 Å². The molecule has 0 atom stereocenters. The van der Waals surface area contributed by atoms with Crippen LogP contribution < -0.4 is 10.9 Å². The first-order valence-corrected chi connectivity index (χ1v) is 7.50. The summed E-state index contributed by atoms with van der Waals surface area (Å²) in [5.41, 5.74) is 0.984. The van der Waals surface area contributed by atoms with Crippen molar-refractivity contribution in [3.63, 3.8) is 0 Å². The molecule has 3 rings (SSSR count). The molecule has 0 unspecified atom stereocenters. The normalized spacial score (nSPS) is 10.7. The molecule has 2 aromatic carbocycles. The van der Waals surface area contributed by atoms with Gasteiger partial charge in [0.25, 0.3) is 5.91 Å². The third-order valence-corrected chi connectivity index (χ3v) is 3.80. The second-order valence-corrected chi connectivity index (χ2v) is 5.92. The number of carbonyl (C=O) groups excluding carboxylic acids is 1. The van der Waals surface area contributed by atoms with Crippen LogP contribution in [0.1, 0.15) is 15.9 Å². The minimum Gasteiger partial charge on any atom is -0.421 e. The second kappa shape index (κ2) is 6.07. The minimum absolute atomic E-state index is 0.114. The van der Waals surface area contributed by atoms with Gasteiger partial charge in [-0.3, -0.25) is 4.79 Å². The Bertz CT molecular complexity index is 962. The number of amides is 1. The van der Waals surface area contributed by atoms with Gasteiger partial charge in [-0.25, -0.2) is 4.79 Å². The van der Waals surface area contributed by atoms with Crippen LogP contribution in [0.2, 0.25) is 10.0 Å². The lowest BCUT2D eigenvalue weighted by Gasteiger charge is -2.06. The van der Waals surface area contributed by atoms with Crippen LogP contribution in [-0.4, -0.2) is 5.91 Å². The quantitative estimate of drug-likeness (QED) is 0.685. The van der Waals surface area contributed by atoms with E-state index in [4.69, 9.17) is 27.6 Å². The first-order valence-electron chi connectivity index (χ1n) is 6.75. The molecule has 116 valence electrons. The molecule has 1 amide bonds. The topological polar surface area (TPSA) is 59.3 Å². The zero-order valence-corrected chi connectivity index (χ0v) is 13.5. The first-order chi connectivity index (χ1) is 10.9. The first kappa shape index (κ1) is 15.6. The van der Waals surface area contributed by atoms with Crippen LogP contribution in [0.15, 0.2) is 51.7 Å². The predicted octanol–water partition coefficient (Wildman–Crippen LogP) is 4.66. The van der Waals surface area contributed by atoms with Gasteiger partial charge in [0.05, 0.1) is 5.02 Å². The molecule has 3 aromatic rings. The monoisotopic (exact) mass is 347 g/mol. The molecule has 0 spiro atoms. The van der Waals surface area contributed by atoms with E-state index in [9.17, 15) is 9.59 Å². The van der Waals surface area contributed by atoms with Crippen LogP contribution in [0.5, 0.6) is 0 Å². The van der Waals surface area contributed by atoms with Gasteiger partial charge in [-0.2, -0.15) is 0 Å². The average molecular weight is 348 g/mol. The smallest absolute Gasteiger partial charge is 0.349 e. The molecule has 0 bridgehead atoms. The fourth-order valence-electron chi connectivity index (χ4n) is 2.15. The number of anilines is 1. The van der Waals surface area contributed by atoms with Crippen molar-refractivity contribution in [1.29, 1.82) is 0 Å². The highest BCUT2D eigenvalue weighted by molar-refractivity contribution is 6.38. The maximum Gasteiger partial charge on any atom is 0.349 e. The average Bonchev–Trinajstić information content (AvgIpc) is 2.50. The summed E-state index contributed by atoms with van der Waals surface area (Å²) in [6, 6.07) is 11.7. The summed E-state index contributed by atoms with van der Waals surface area (Å²) in [6.45, 7) is 1.94. The zero-order valence-electron chi connectivity index (χ0n) is 12.0. The number of halogens is 2. The summed E-state index contributed by atoms with van der Waals surface area (Å²) in [5, 5.41) is 3.75. The van der Waals surface area contributed by atoms with Gasteiger partial charge in [0.2, 0.25) is 0 Å². The van der Waals surface area contributed by atoms with Gasteiger partial charge in [-0.05, 0) is 37.3 Å². The van der Waals surface area contributed by atoms with Crippen molar-refractivity contribution in [2.24, 2.45) is 0 Å². The third-order valence-electron chi connectivity index (χ3n) is 3.31. The van der Waals surface area contributed by atoms with Gasteiger partial charge >= 0.3 is 5.63 Å². The Labute approximate surface area is 141 Å². The number of hydrogen-bond donors (Lipinski definition) is 1. The molecule has 0 saturated heterocycles. The molecule has 23 heavy (non-hydrogen) atoms. The van der Waals surface area contributed by atoms with Crippen molar-refractivity contribution in [2.75, 3.05) is 5.32 Å². The van der Waals surface area contributed by atoms with Gasteiger partial charge in [-0.1, -0.05) is 40.9 Å². The molecule has 1 heterocycles. The fraction of sp³-hybridized carbons (Fsp3) is 0.0588. The number of benzene rings is 2. The second-order valence-electron chi connectivity index (χ2n) is 5.07. The molecule has 0 aliphatic rings. The van der Waals surface area contributed by atoms with Crippen molar-refractivity contribution in [1.82, 2.24) is 0 Å². The Morgan fingerprint density at radius 1 is 1.09 bits per heavy atom. The molecular formula is C17H11Cl2NO3. The molecule has 1 aromatic heterocycles. The van der Waals surface area contributed by atoms with Gasteiger partial charge in [0, 0.05) is 16.1 Å². The van der Waals surface area contributed by atoms with E-state index in [1.54, 1.807) is 18.2 Å². The number of nitrogens with one attached hydrogen (secondary N) is 1. The molecular weight excluding hydrogens is 337 g/mol. The number of carbonyl (C=O) groups is 1. The van der Waals surface area contributed by atoms with Gasteiger partial charge < -0.3 is 9.73 Å². The Kier molecular flexibility index (Phi) is 4.11. The largest absolute Gasteiger partial charge is 0.421 e. The summed E-state index contributed by atoms with van der Waals surface area (Å²) in [5.74, 6) is -0.555. The Balaban J connectivity index is 2.01. The van der Waals surface area contributed by atoms with Crippen LogP contribution in [0, 0.1) is 6.92 Å². The van der Waals surface area contributed by atoms with E-state index in [-0.39, 0.29) is 16.2 Å². The van der Waals surface area contributed by atoms with E-state index < -0.39 is 11.5 Å². The highest BCUT2D eigenvalue weighted by Crippen LogP contribution is 2.27. The molecule has 1 N–H and O–H groups in total. The zero-order chi connectivity index (χ0) is 16.6. The lowest BCUT2D eigenvalue weighted by atomic mass is 10.1. The molecule has 0 aliphatic carbocycles. The molecule has 0 aliphatic heterocycles. The van der Waals surface area contributed by atoms with Crippen LogP contribution in [-0.2, 0) is 0 Å². The minimum atomic E-state index is -0.758. The van der Waals surface area contributed by atoms with E-state index in [1.165, 1.54) is 12.1 Å². The number of fused-ring (bicyclic) bond motifs is 1.